The van der Waals surface area contributed by atoms with Crippen LogP contribution in [0.4, 0.5) is 14.9 Å². The first-order chi connectivity index (χ1) is 8.91. The first kappa shape index (κ1) is 15.2. The number of primary amides is 1. The van der Waals surface area contributed by atoms with Crippen LogP contribution >= 0.6 is 15.9 Å². The zero-order chi connectivity index (χ0) is 14.4. The van der Waals surface area contributed by atoms with Gasteiger partial charge in [0.05, 0.1) is 28.7 Å². The Morgan fingerprint density at radius 3 is 2.74 bits per heavy atom. The Kier molecular flexibility index (Phi) is 5.49. The van der Waals surface area contributed by atoms with Gasteiger partial charge in [-0.25, -0.2) is 9.18 Å². The number of rotatable bonds is 6. The number of ether oxygens (including phenoxy) is 2. The lowest BCUT2D eigenvalue weighted by atomic mass is 10.3. The molecule has 1 amide bonds. The monoisotopic (exact) mass is 336 g/mol. The highest BCUT2D eigenvalue weighted by Gasteiger charge is 2.18. The standard InChI is InChI=1S/C10H10BrFN2O5/c11-6-4-9(8(14(16)17)5-7(6)12)18-2-1-3-19-10(13)15/h4-5H,1-3H2,(H2,13,15). The molecule has 1 aromatic rings. The van der Waals surface area contributed by atoms with Crippen LogP contribution in [0.5, 0.6) is 5.75 Å². The Hall–Kier alpha value is -1.90. The molecule has 1 rings (SSSR count). The van der Waals surface area contributed by atoms with E-state index in [0.717, 1.165) is 6.07 Å². The van der Waals surface area contributed by atoms with E-state index in [2.05, 4.69) is 20.7 Å². The van der Waals surface area contributed by atoms with E-state index in [1.165, 1.54) is 6.07 Å². The Balaban J connectivity index is 2.64. The molecule has 0 heterocycles. The van der Waals surface area contributed by atoms with Gasteiger partial charge in [0, 0.05) is 12.5 Å². The Morgan fingerprint density at radius 2 is 2.16 bits per heavy atom. The SMILES string of the molecule is NC(=O)OCCCOc1cc(Br)c(F)cc1[N+](=O)[O-]. The van der Waals surface area contributed by atoms with Gasteiger partial charge in [0.1, 0.15) is 5.82 Å². The molecule has 0 aliphatic heterocycles. The third kappa shape index (κ3) is 4.70. The molecule has 9 heteroatoms. The lowest BCUT2D eigenvalue weighted by Gasteiger charge is -2.07. The normalized spacial score (nSPS) is 10.0. The van der Waals surface area contributed by atoms with Crippen molar-refractivity contribution in [1.82, 2.24) is 0 Å². The number of amides is 1. The fraction of sp³-hybridized carbons (Fsp3) is 0.300. The summed E-state index contributed by atoms with van der Waals surface area (Å²) in [6, 6.07) is 1.93. The number of nitrogens with two attached hydrogens (primary N) is 1. The highest BCUT2D eigenvalue weighted by Crippen LogP contribution is 2.32. The largest absolute Gasteiger partial charge is 0.487 e. The van der Waals surface area contributed by atoms with Crippen LogP contribution in [0.25, 0.3) is 0 Å². The average Bonchev–Trinajstić information content (AvgIpc) is 2.32. The van der Waals surface area contributed by atoms with Gasteiger partial charge in [-0.2, -0.15) is 0 Å². The summed E-state index contributed by atoms with van der Waals surface area (Å²) in [4.78, 5) is 20.3. The van der Waals surface area contributed by atoms with Crippen molar-refractivity contribution in [3.63, 3.8) is 0 Å². The van der Waals surface area contributed by atoms with Crippen molar-refractivity contribution in [3.05, 3.63) is 32.5 Å². The summed E-state index contributed by atoms with van der Waals surface area (Å²) >= 11 is 2.91. The molecular weight excluding hydrogens is 327 g/mol. The minimum atomic E-state index is -0.907. The summed E-state index contributed by atoms with van der Waals surface area (Å²) in [7, 11) is 0. The first-order valence-electron chi connectivity index (χ1n) is 5.10. The van der Waals surface area contributed by atoms with Gasteiger partial charge in [0.25, 0.3) is 0 Å². The maximum absolute atomic E-state index is 13.2. The van der Waals surface area contributed by atoms with E-state index >= 15 is 0 Å². The lowest BCUT2D eigenvalue weighted by molar-refractivity contribution is -0.386. The predicted molar refractivity (Wildman–Crippen MR) is 66.4 cm³/mol. The third-order valence-electron chi connectivity index (χ3n) is 1.99. The molecule has 2 N–H and O–H groups in total. The molecule has 0 fully saturated rings. The summed E-state index contributed by atoms with van der Waals surface area (Å²) in [5.74, 6) is -0.825. The molecule has 7 nitrogen and oxygen atoms in total. The summed E-state index contributed by atoms with van der Waals surface area (Å²) in [6.07, 6.45) is -0.606. The quantitative estimate of drug-likeness (QED) is 0.487. The molecule has 0 radical (unpaired) electrons. The van der Waals surface area contributed by atoms with Crippen molar-refractivity contribution in [2.75, 3.05) is 13.2 Å². The van der Waals surface area contributed by atoms with Crippen LogP contribution in [-0.4, -0.2) is 24.2 Å². The Bertz CT molecular complexity index is 497. The van der Waals surface area contributed by atoms with E-state index in [1.54, 1.807) is 0 Å². The van der Waals surface area contributed by atoms with Crippen LogP contribution in [0.1, 0.15) is 6.42 Å². The molecule has 0 aromatic heterocycles. The molecule has 1 aromatic carbocycles. The van der Waals surface area contributed by atoms with Gasteiger partial charge >= 0.3 is 11.8 Å². The topological polar surface area (TPSA) is 105 Å². The highest BCUT2D eigenvalue weighted by molar-refractivity contribution is 9.10. The van der Waals surface area contributed by atoms with Crippen molar-refractivity contribution >= 4 is 27.7 Å². The maximum Gasteiger partial charge on any atom is 0.404 e. The molecule has 0 unspecified atom stereocenters. The summed E-state index contributed by atoms with van der Waals surface area (Å²) in [6.45, 7) is 0.0949. The van der Waals surface area contributed by atoms with Crippen molar-refractivity contribution in [3.8, 4) is 5.75 Å². The smallest absolute Gasteiger partial charge is 0.404 e. The predicted octanol–water partition coefficient (Wildman–Crippen LogP) is 2.36. The summed E-state index contributed by atoms with van der Waals surface area (Å²) in [5, 5.41) is 10.7. The number of carbonyl (C=O) groups is 1. The van der Waals surface area contributed by atoms with Crippen LogP contribution < -0.4 is 10.5 Å². The van der Waals surface area contributed by atoms with Gasteiger partial charge in [-0.3, -0.25) is 10.1 Å². The van der Waals surface area contributed by atoms with Gasteiger partial charge in [-0.1, -0.05) is 0 Å². The molecule has 0 aliphatic rings. The lowest BCUT2D eigenvalue weighted by Crippen LogP contribution is -2.15. The molecule has 19 heavy (non-hydrogen) atoms. The number of carbonyl (C=O) groups excluding carboxylic acids is 1. The van der Waals surface area contributed by atoms with Crippen LogP contribution in [0, 0.1) is 15.9 Å². The minimum Gasteiger partial charge on any atom is -0.487 e. The van der Waals surface area contributed by atoms with Crippen LogP contribution in [0.3, 0.4) is 0 Å². The molecule has 0 aliphatic carbocycles. The molecule has 0 atom stereocenters. The van der Waals surface area contributed by atoms with E-state index in [4.69, 9.17) is 10.5 Å². The van der Waals surface area contributed by atoms with Crippen LogP contribution in [0.2, 0.25) is 0 Å². The zero-order valence-electron chi connectivity index (χ0n) is 9.60. The van der Waals surface area contributed by atoms with Crippen LogP contribution in [0.15, 0.2) is 16.6 Å². The van der Waals surface area contributed by atoms with Gasteiger partial charge in [0.15, 0.2) is 5.75 Å². The van der Waals surface area contributed by atoms with Crippen molar-refractivity contribution < 1.29 is 23.6 Å². The molecular formula is C10H10BrFN2O5. The van der Waals surface area contributed by atoms with E-state index in [-0.39, 0.29) is 23.4 Å². The second-order valence-corrected chi connectivity index (χ2v) is 4.22. The Morgan fingerprint density at radius 1 is 1.47 bits per heavy atom. The summed E-state index contributed by atoms with van der Waals surface area (Å²) in [5.41, 5.74) is 4.27. The van der Waals surface area contributed by atoms with Crippen molar-refractivity contribution in [2.24, 2.45) is 5.73 Å². The van der Waals surface area contributed by atoms with Crippen molar-refractivity contribution in [2.45, 2.75) is 6.42 Å². The fourth-order valence-corrected chi connectivity index (χ4v) is 1.51. The number of halogens is 2. The molecule has 104 valence electrons. The second kappa shape index (κ2) is 6.88. The number of benzene rings is 1. The molecule has 0 bridgehead atoms. The van der Waals surface area contributed by atoms with Gasteiger partial charge in [0.2, 0.25) is 0 Å². The highest BCUT2D eigenvalue weighted by atomic mass is 79.9. The zero-order valence-corrected chi connectivity index (χ0v) is 11.2. The van der Waals surface area contributed by atoms with E-state index in [1.807, 2.05) is 0 Å². The van der Waals surface area contributed by atoms with E-state index < -0.39 is 22.5 Å². The molecule has 0 saturated carbocycles. The van der Waals surface area contributed by atoms with E-state index in [0.29, 0.717) is 6.42 Å². The van der Waals surface area contributed by atoms with Gasteiger partial charge < -0.3 is 15.2 Å². The number of hydrogen-bond acceptors (Lipinski definition) is 5. The molecule has 0 saturated heterocycles. The van der Waals surface area contributed by atoms with Gasteiger partial charge in [-0.05, 0) is 15.9 Å². The van der Waals surface area contributed by atoms with E-state index in [9.17, 15) is 19.3 Å². The second-order valence-electron chi connectivity index (χ2n) is 3.36. The van der Waals surface area contributed by atoms with Crippen molar-refractivity contribution in [1.29, 1.82) is 0 Å². The fourth-order valence-electron chi connectivity index (χ4n) is 1.19. The minimum absolute atomic E-state index is 0.0332. The number of nitro groups is 1. The molecule has 0 spiro atoms. The van der Waals surface area contributed by atoms with Gasteiger partial charge in [-0.15, -0.1) is 0 Å². The number of nitro benzene ring substituents is 1. The summed E-state index contributed by atoms with van der Waals surface area (Å²) < 4.78 is 22.8. The number of hydrogen-bond donors (Lipinski definition) is 1. The first-order valence-corrected chi connectivity index (χ1v) is 5.89. The average molecular weight is 337 g/mol. The van der Waals surface area contributed by atoms with Crippen LogP contribution in [-0.2, 0) is 4.74 Å². The Labute approximate surface area is 115 Å². The number of nitrogens with zero attached hydrogens (tertiary/aromatic N) is 1. The third-order valence-corrected chi connectivity index (χ3v) is 2.60. The maximum atomic E-state index is 13.2.